The van der Waals surface area contributed by atoms with Crippen LogP contribution in [0.15, 0.2) is 18.2 Å². The van der Waals surface area contributed by atoms with Crippen molar-refractivity contribution in [1.82, 2.24) is 10.6 Å². The van der Waals surface area contributed by atoms with Gasteiger partial charge >= 0.3 is 6.03 Å². The maximum Gasteiger partial charge on any atom is 0.315 e. The Bertz CT molecular complexity index is 457. The van der Waals surface area contributed by atoms with Gasteiger partial charge in [0.15, 0.2) is 0 Å². The fourth-order valence-electron chi connectivity index (χ4n) is 1.77. The highest BCUT2D eigenvalue weighted by molar-refractivity contribution is 6.31. The molecule has 20 heavy (non-hydrogen) atoms. The number of urea groups is 1. The third-order valence-electron chi connectivity index (χ3n) is 3.01. The van der Waals surface area contributed by atoms with Crippen LogP contribution in [0.2, 0.25) is 5.02 Å². The quantitative estimate of drug-likeness (QED) is 0.756. The lowest BCUT2D eigenvalue weighted by Gasteiger charge is -2.17. The minimum Gasteiger partial charge on any atom is -0.396 e. The molecule has 0 aromatic heterocycles. The van der Waals surface area contributed by atoms with Crippen molar-refractivity contribution in [3.8, 4) is 0 Å². The number of hydrogen-bond donors (Lipinski definition) is 3. The molecule has 3 N–H and O–H groups in total. The zero-order chi connectivity index (χ0) is 15.1. The number of aliphatic hydroxyl groups excluding tert-OH is 1. The van der Waals surface area contributed by atoms with E-state index in [4.69, 9.17) is 16.7 Å². The Morgan fingerprint density at radius 3 is 2.75 bits per heavy atom. The van der Waals surface area contributed by atoms with Crippen LogP contribution in [-0.2, 0) is 0 Å². The number of carbonyl (C=O) groups is 1. The summed E-state index contributed by atoms with van der Waals surface area (Å²) in [5.74, 6) is -0.205. The van der Waals surface area contributed by atoms with Gasteiger partial charge in [0.25, 0.3) is 0 Å². The van der Waals surface area contributed by atoms with Gasteiger partial charge in [0.1, 0.15) is 5.82 Å². The summed E-state index contributed by atoms with van der Waals surface area (Å²) in [7, 11) is 0. The first-order valence-corrected chi connectivity index (χ1v) is 6.92. The minimum atomic E-state index is -0.409. The second-order valence-corrected chi connectivity index (χ2v) is 5.27. The molecule has 2 atom stereocenters. The standard InChI is InChI=1S/C14H20ClFN2O2/c1-9(5-6-19)8-17-14(20)18-10(2)12-4-3-11(16)7-13(12)15/h3-4,7,9-10,19H,5-6,8H2,1-2H3,(H2,17,18,20)/t9-,10+/m1/s1. The van der Waals surface area contributed by atoms with Crippen molar-refractivity contribution in [2.75, 3.05) is 13.2 Å². The lowest BCUT2D eigenvalue weighted by molar-refractivity contribution is 0.231. The zero-order valence-corrected chi connectivity index (χ0v) is 12.4. The number of benzene rings is 1. The Balaban J connectivity index is 2.49. The molecule has 0 spiro atoms. The van der Waals surface area contributed by atoms with E-state index in [0.29, 0.717) is 18.5 Å². The molecule has 1 rings (SSSR count). The normalized spacial score (nSPS) is 13.7. The number of hydrogen-bond acceptors (Lipinski definition) is 2. The predicted octanol–water partition coefficient (Wildman–Crippen LogP) is 2.86. The molecule has 0 radical (unpaired) electrons. The fraction of sp³-hybridized carbons (Fsp3) is 0.500. The van der Waals surface area contributed by atoms with Gasteiger partial charge in [0.05, 0.1) is 6.04 Å². The molecule has 0 aliphatic rings. The molecule has 0 bridgehead atoms. The number of aliphatic hydroxyl groups is 1. The molecular formula is C14H20ClFN2O2. The highest BCUT2D eigenvalue weighted by atomic mass is 35.5. The van der Waals surface area contributed by atoms with Crippen LogP contribution in [0.3, 0.4) is 0 Å². The van der Waals surface area contributed by atoms with Gasteiger partial charge in [0.2, 0.25) is 0 Å². The third kappa shape index (κ3) is 5.35. The molecule has 4 nitrogen and oxygen atoms in total. The van der Waals surface area contributed by atoms with E-state index in [-0.39, 0.29) is 29.6 Å². The number of nitrogens with one attached hydrogen (secondary N) is 2. The van der Waals surface area contributed by atoms with Gasteiger partial charge in [-0.3, -0.25) is 0 Å². The predicted molar refractivity (Wildman–Crippen MR) is 77.2 cm³/mol. The summed E-state index contributed by atoms with van der Waals surface area (Å²) in [5.41, 5.74) is 0.659. The van der Waals surface area contributed by atoms with Crippen LogP contribution in [0.25, 0.3) is 0 Å². The molecule has 1 aromatic carbocycles. The van der Waals surface area contributed by atoms with Crippen molar-refractivity contribution in [2.24, 2.45) is 5.92 Å². The minimum absolute atomic E-state index is 0.103. The van der Waals surface area contributed by atoms with Crippen molar-refractivity contribution < 1.29 is 14.3 Å². The van der Waals surface area contributed by atoms with Crippen LogP contribution in [-0.4, -0.2) is 24.3 Å². The zero-order valence-electron chi connectivity index (χ0n) is 11.6. The highest BCUT2D eigenvalue weighted by Gasteiger charge is 2.13. The molecule has 0 saturated heterocycles. The Hall–Kier alpha value is -1.33. The van der Waals surface area contributed by atoms with Crippen LogP contribution in [0, 0.1) is 11.7 Å². The first-order chi connectivity index (χ1) is 9.43. The number of halogens is 2. The molecule has 0 aliphatic carbocycles. The van der Waals surface area contributed by atoms with Gasteiger partial charge in [-0.15, -0.1) is 0 Å². The largest absolute Gasteiger partial charge is 0.396 e. The number of rotatable bonds is 6. The van der Waals surface area contributed by atoms with Gasteiger partial charge in [-0.05, 0) is 37.0 Å². The topological polar surface area (TPSA) is 61.4 Å². The average Bonchev–Trinajstić information content (AvgIpc) is 2.36. The summed E-state index contributed by atoms with van der Waals surface area (Å²) in [5, 5.41) is 14.5. The maximum atomic E-state index is 13.0. The summed E-state index contributed by atoms with van der Waals surface area (Å²) in [6, 6.07) is 3.44. The summed E-state index contributed by atoms with van der Waals surface area (Å²) in [6.45, 7) is 4.30. The van der Waals surface area contributed by atoms with Crippen molar-refractivity contribution in [3.05, 3.63) is 34.6 Å². The molecule has 1 aromatic rings. The third-order valence-corrected chi connectivity index (χ3v) is 3.34. The number of amides is 2. The van der Waals surface area contributed by atoms with Crippen LogP contribution < -0.4 is 10.6 Å². The smallest absolute Gasteiger partial charge is 0.315 e. The van der Waals surface area contributed by atoms with E-state index in [2.05, 4.69) is 10.6 Å². The van der Waals surface area contributed by atoms with Crippen molar-refractivity contribution in [2.45, 2.75) is 26.3 Å². The SMILES string of the molecule is C[C@H](CCO)CNC(=O)N[C@@H](C)c1ccc(F)cc1Cl. The molecular weight excluding hydrogens is 283 g/mol. The van der Waals surface area contributed by atoms with E-state index in [1.807, 2.05) is 6.92 Å². The Morgan fingerprint density at radius 1 is 1.45 bits per heavy atom. The molecule has 0 aliphatic heterocycles. The van der Waals surface area contributed by atoms with Gasteiger partial charge in [-0.1, -0.05) is 24.6 Å². The van der Waals surface area contributed by atoms with E-state index in [1.165, 1.54) is 12.1 Å². The van der Waals surface area contributed by atoms with Gasteiger partial charge in [-0.25, -0.2) is 9.18 Å². The molecule has 0 fully saturated rings. The summed E-state index contributed by atoms with van der Waals surface area (Å²) < 4.78 is 13.0. The van der Waals surface area contributed by atoms with Gasteiger partial charge < -0.3 is 15.7 Å². The van der Waals surface area contributed by atoms with E-state index < -0.39 is 5.82 Å². The Labute approximate surface area is 123 Å². The first kappa shape index (κ1) is 16.7. The van der Waals surface area contributed by atoms with Crippen molar-refractivity contribution in [1.29, 1.82) is 0 Å². The molecule has 0 heterocycles. The lowest BCUT2D eigenvalue weighted by Crippen LogP contribution is -2.39. The molecule has 112 valence electrons. The van der Waals surface area contributed by atoms with Crippen molar-refractivity contribution >= 4 is 17.6 Å². The second-order valence-electron chi connectivity index (χ2n) is 4.86. The van der Waals surface area contributed by atoms with E-state index >= 15 is 0 Å². The van der Waals surface area contributed by atoms with Crippen LogP contribution in [0.4, 0.5) is 9.18 Å². The fourth-order valence-corrected chi connectivity index (χ4v) is 2.10. The maximum absolute atomic E-state index is 13.0. The second kappa shape index (κ2) is 8.07. The monoisotopic (exact) mass is 302 g/mol. The molecule has 6 heteroatoms. The summed E-state index contributed by atoms with van der Waals surface area (Å²) in [6.07, 6.45) is 0.639. The van der Waals surface area contributed by atoms with Crippen LogP contribution in [0.1, 0.15) is 31.9 Å². The van der Waals surface area contributed by atoms with Gasteiger partial charge in [0, 0.05) is 18.2 Å². The van der Waals surface area contributed by atoms with Crippen LogP contribution >= 0.6 is 11.6 Å². The summed E-state index contributed by atoms with van der Waals surface area (Å²) in [4.78, 5) is 11.7. The van der Waals surface area contributed by atoms with Gasteiger partial charge in [-0.2, -0.15) is 0 Å². The molecule has 2 amide bonds. The van der Waals surface area contributed by atoms with Crippen LogP contribution in [0.5, 0.6) is 0 Å². The first-order valence-electron chi connectivity index (χ1n) is 6.54. The van der Waals surface area contributed by atoms with Crippen molar-refractivity contribution in [3.63, 3.8) is 0 Å². The Morgan fingerprint density at radius 2 is 2.15 bits per heavy atom. The lowest BCUT2D eigenvalue weighted by atomic mass is 10.1. The number of carbonyl (C=O) groups excluding carboxylic acids is 1. The van der Waals surface area contributed by atoms with E-state index in [9.17, 15) is 9.18 Å². The average molecular weight is 303 g/mol. The van der Waals surface area contributed by atoms with E-state index in [0.717, 1.165) is 0 Å². The molecule has 0 saturated carbocycles. The highest BCUT2D eigenvalue weighted by Crippen LogP contribution is 2.23. The summed E-state index contributed by atoms with van der Waals surface area (Å²) >= 11 is 5.94. The molecule has 0 unspecified atom stereocenters. The Kier molecular flexibility index (Phi) is 6.75. The van der Waals surface area contributed by atoms with E-state index in [1.54, 1.807) is 13.0 Å².